The third-order valence-corrected chi connectivity index (χ3v) is 7.00. The quantitative estimate of drug-likeness (QED) is 0.445. The number of amides is 2. The van der Waals surface area contributed by atoms with Crippen molar-refractivity contribution in [2.45, 2.75) is 26.6 Å². The summed E-state index contributed by atoms with van der Waals surface area (Å²) in [6.07, 6.45) is -3.03. The smallest absolute Gasteiger partial charge is 0.368 e. The Hall–Kier alpha value is -3.29. The minimum Gasteiger partial charge on any atom is -0.368 e. The number of aromatic nitrogens is 3. The van der Waals surface area contributed by atoms with Crippen molar-refractivity contribution in [1.29, 1.82) is 0 Å². The number of nitrogen functional groups attached to an aromatic ring is 1. The Bertz CT molecular complexity index is 1220. The summed E-state index contributed by atoms with van der Waals surface area (Å²) in [4.78, 5) is 29.8. The highest BCUT2D eigenvalue weighted by molar-refractivity contribution is 7.19. The van der Waals surface area contributed by atoms with Gasteiger partial charge in [0, 0.05) is 44.6 Å². The van der Waals surface area contributed by atoms with Gasteiger partial charge in [0.15, 0.2) is 5.13 Å². The highest BCUT2D eigenvalue weighted by atomic mass is 32.1. The van der Waals surface area contributed by atoms with Gasteiger partial charge < -0.3 is 16.0 Å². The fourth-order valence-electron chi connectivity index (χ4n) is 4.01. The first-order valence-electron chi connectivity index (χ1n) is 11.4. The number of hydrogen-bond donors (Lipinski definition) is 3. The third kappa shape index (κ3) is 6.28. The van der Waals surface area contributed by atoms with Crippen LogP contribution in [0.2, 0.25) is 0 Å². The molecule has 0 unspecified atom stereocenters. The van der Waals surface area contributed by atoms with Crippen LogP contribution in [0.15, 0.2) is 30.5 Å². The van der Waals surface area contributed by atoms with Crippen molar-refractivity contribution < 1.29 is 18.0 Å². The van der Waals surface area contributed by atoms with Gasteiger partial charge in [0.05, 0.1) is 21.8 Å². The number of benzene rings is 1. The van der Waals surface area contributed by atoms with Crippen molar-refractivity contribution in [2.24, 2.45) is 0 Å². The van der Waals surface area contributed by atoms with Crippen LogP contribution >= 0.6 is 11.3 Å². The maximum Gasteiger partial charge on any atom is 0.416 e. The Morgan fingerprint density at radius 3 is 2.50 bits per heavy atom. The summed E-state index contributed by atoms with van der Waals surface area (Å²) in [6, 6.07) is 4.85. The molecule has 4 rings (SSSR count). The fourth-order valence-corrected chi connectivity index (χ4v) is 4.94. The monoisotopic (exact) mass is 520 g/mol. The number of aryl methyl sites for hydroxylation is 1. The highest BCUT2D eigenvalue weighted by Crippen LogP contribution is 2.35. The van der Waals surface area contributed by atoms with Gasteiger partial charge >= 0.3 is 12.2 Å². The average Bonchev–Trinajstić information content (AvgIpc) is 3.19. The molecular formula is C23H27F3N8OS. The van der Waals surface area contributed by atoms with Crippen molar-refractivity contribution in [1.82, 2.24) is 24.8 Å². The number of nitrogens with zero attached hydrogens (tertiary/aromatic N) is 5. The number of nitrogens with one attached hydrogen (secondary N) is 2. The van der Waals surface area contributed by atoms with Gasteiger partial charge in [-0.3, -0.25) is 10.2 Å². The molecule has 9 nitrogen and oxygen atoms in total. The Labute approximate surface area is 210 Å². The van der Waals surface area contributed by atoms with E-state index in [1.165, 1.54) is 29.7 Å². The van der Waals surface area contributed by atoms with E-state index in [4.69, 9.17) is 5.73 Å². The number of thiazole rings is 1. The lowest BCUT2D eigenvalue weighted by Crippen LogP contribution is -2.45. The Kier molecular flexibility index (Phi) is 7.71. The molecule has 3 heterocycles. The zero-order valence-corrected chi connectivity index (χ0v) is 20.7. The molecule has 36 heavy (non-hydrogen) atoms. The predicted molar refractivity (Wildman–Crippen MR) is 134 cm³/mol. The molecule has 2 amide bonds. The van der Waals surface area contributed by atoms with E-state index < -0.39 is 17.8 Å². The lowest BCUT2D eigenvalue weighted by Gasteiger charge is -2.34. The lowest BCUT2D eigenvalue weighted by atomic mass is 10.0. The molecule has 1 aromatic carbocycles. The van der Waals surface area contributed by atoms with Gasteiger partial charge in [0.1, 0.15) is 0 Å². The van der Waals surface area contributed by atoms with Gasteiger partial charge in [0.25, 0.3) is 0 Å². The lowest BCUT2D eigenvalue weighted by molar-refractivity contribution is -0.138. The summed E-state index contributed by atoms with van der Waals surface area (Å²) >= 11 is 1.17. The van der Waals surface area contributed by atoms with E-state index in [0.717, 1.165) is 25.7 Å². The van der Waals surface area contributed by atoms with Gasteiger partial charge in [-0.05, 0) is 37.2 Å². The van der Waals surface area contributed by atoms with E-state index in [-0.39, 0.29) is 28.9 Å². The Balaban J connectivity index is 1.44. The minimum atomic E-state index is -4.55. The molecule has 0 saturated carbocycles. The van der Waals surface area contributed by atoms with E-state index in [1.807, 2.05) is 4.90 Å². The van der Waals surface area contributed by atoms with Gasteiger partial charge in [0.2, 0.25) is 5.95 Å². The number of alkyl halides is 3. The summed E-state index contributed by atoms with van der Waals surface area (Å²) in [5.74, 6) is 0.111. The maximum absolute atomic E-state index is 13.8. The highest BCUT2D eigenvalue weighted by Gasteiger charge is 2.34. The molecule has 1 saturated heterocycles. The fraction of sp³-hybridized carbons (Fsp3) is 0.391. The number of carbonyl (C=O) groups excluding carboxylic acids is 1. The normalized spacial score (nSPS) is 15.1. The van der Waals surface area contributed by atoms with Crippen LogP contribution in [0.1, 0.15) is 23.7 Å². The first-order valence-corrected chi connectivity index (χ1v) is 12.2. The zero-order chi connectivity index (χ0) is 25.9. The minimum absolute atomic E-state index is 0.0384. The maximum atomic E-state index is 13.8. The number of halogens is 3. The van der Waals surface area contributed by atoms with E-state index >= 15 is 0 Å². The molecule has 1 aliphatic rings. The molecule has 1 aliphatic heterocycles. The summed E-state index contributed by atoms with van der Waals surface area (Å²) in [7, 11) is 0. The number of likely N-dealkylation sites (N-methyl/N-ethyl adjacent to an activating group) is 1. The van der Waals surface area contributed by atoms with Crippen LogP contribution in [-0.2, 0) is 12.7 Å². The molecule has 3 aromatic rings. The predicted octanol–water partition coefficient (Wildman–Crippen LogP) is 4.29. The van der Waals surface area contributed by atoms with Crippen molar-refractivity contribution in [3.63, 3.8) is 0 Å². The molecule has 192 valence electrons. The second-order valence-electron chi connectivity index (χ2n) is 8.39. The molecule has 4 N–H and O–H groups in total. The van der Waals surface area contributed by atoms with Gasteiger partial charge in [-0.25, -0.2) is 19.7 Å². The second kappa shape index (κ2) is 10.8. The first kappa shape index (κ1) is 25.8. The van der Waals surface area contributed by atoms with Gasteiger partial charge in [-0.1, -0.05) is 24.3 Å². The molecule has 0 aliphatic carbocycles. The number of piperazine rings is 1. The van der Waals surface area contributed by atoms with E-state index in [0.29, 0.717) is 29.4 Å². The first-order chi connectivity index (χ1) is 17.1. The van der Waals surface area contributed by atoms with E-state index in [1.54, 1.807) is 13.0 Å². The summed E-state index contributed by atoms with van der Waals surface area (Å²) in [5.41, 5.74) is 6.28. The van der Waals surface area contributed by atoms with Crippen LogP contribution < -0.4 is 16.4 Å². The van der Waals surface area contributed by atoms with Crippen molar-refractivity contribution >= 4 is 34.1 Å². The molecular weight excluding hydrogens is 493 g/mol. The molecule has 0 radical (unpaired) electrons. The number of carbonyl (C=O) groups is 1. The number of anilines is 3. The molecule has 0 atom stereocenters. The Morgan fingerprint density at radius 1 is 1.11 bits per heavy atom. The molecule has 13 heteroatoms. The second-order valence-corrected chi connectivity index (χ2v) is 9.39. The molecule has 0 spiro atoms. The largest absolute Gasteiger partial charge is 0.416 e. The molecule has 1 fully saturated rings. The SMILES string of the molecule is CCN1CCN(Cc2ccc(NC(=O)Nc3nc(C)c(-c4ccnc(N)n4)s3)cc2C(F)(F)F)CC1. The van der Waals surface area contributed by atoms with Crippen LogP contribution in [-0.4, -0.2) is 63.5 Å². The van der Waals surface area contributed by atoms with E-state index in [2.05, 4.69) is 37.4 Å². The number of hydrogen-bond acceptors (Lipinski definition) is 8. The molecule has 2 aromatic heterocycles. The van der Waals surface area contributed by atoms with Crippen LogP contribution in [0, 0.1) is 6.92 Å². The van der Waals surface area contributed by atoms with Crippen molar-refractivity contribution in [3.05, 3.63) is 47.3 Å². The van der Waals surface area contributed by atoms with Gasteiger partial charge in [-0.15, -0.1) is 0 Å². The summed E-state index contributed by atoms with van der Waals surface area (Å²) in [5, 5.41) is 5.32. The standard InChI is InChI=1S/C23H27F3N8OS/c1-3-33-8-10-34(11-9-33)13-15-4-5-16(12-17(15)23(24,25)26)30-21(35)32-22-29-14(2)19(36-22)18-6-7-28-20(27)31-18/h4-7,12H,3,8-11,13H2,1-2H3,(H2,27,28,31)(H2,29,30,32,35). The van der Waals surface area contributed by atoms with E-state index in [9.17, 15) is 18.0 Å². The van der Waals surface area contributed by atoms with Crippen LogP contribution in [0.3, 0.4) is 0 Å². The number of rotatable bonds is 6. The number of urea groups is 1. The van der Waals surface area contributed by atoms with Crippen LogP contribution in [0.25, 0.3) is 10.6 Å². The average molecular weight is 521 g/mol. The Morgan fingerprint density at radius 2 is 1.83 bits per heavy atom. The van der Waals surface area contributed by atoms with Gasteiger partial charge in [-0.2, -0.15) is 13.2 Å². The summed E-state index contributed by atoms with van der Waals surface area (Å²) in [6.45, 7) is 8.05. The topological polar surface area (TPSA) is 112 Å². The van der Waals surface area contributed by atoms with Crippen molar-refractivity contribution in [3.8, 4) is 10.6 Å². The summed E-state index contributed by atoms with van der Waals surface area (Å²) < 4.78 is 41.5. The third-order valence-electron chi connectivity index (χ3n) is 5.90. The van der Waals surface area contributed by atoms with Crippen LogP contribution in [0.4, 0.5) is 34.7 Å². The van der Waals surface area contributed by atoms with Crippen LogP contribution in [0.5, 0.6) is 0 Å². The molecule has 0 bridgehead atoms. The zero-order valence-electron chi connectivity index (χ0n) is 19.9. The van der Waals surface area contributed by atoms with Crippen molar-refractivity contribution in [2.75, 3.05) is 49.1 Å². The number of nitrogens with two attached hydrogens (primary N) is 1.